The number of aromatic nitrogens is 3. The van der Waals surface area contributed by atoms with E-state index < -0.39 is 11.7 Å². The molecule has 0 aliphatic heterocycles. The predicted molar refractivity (Wildman–Crippen MR) is 108 cm³/mol. The normalized spacial score (nSPS) is 15.6. The highest BCUT2D eigenvalue weighted by molar-refractivity contribution is 7.98. The topological polar surface area (TPSA) is 30.7 Å². The molecule has 1 aliphatic carbocycles. The maximum atomic E-state index is 13.3. The largest absolute Gasteiger partial charge is 0.416 e. The SMILES string of the molecule is FC(F)(F)c1ccccc1CSc1nnc(C2CCCCC2)n1-c1ccccc1. The maximum Gasteiger partial charge on any atom is 0.416 e. The average molecular weight is 418 g/mol. The van der Waals surface area contributed by atoms with Crippen molar-refractivity contribution in [2.24, 2.45) is 0 Å². The van der Waals surface area contributed by atoms with Crippen molar-refractivity contribution in [1.29, 1.82) is 0 Å². The number of thioether (sulfide) groups is 1. The van der Waals surface area contributed by atoms with Gasteiger partial charge in [0.05, 0.1) is 5.56 Å². The molecule has 152 valence electrons. The van der Waals surface area contributed by atoms with Crippen LogP contribution in [0.15, 0.2) is 59.8 Å². The first-order valence-corrected chi connectivity index (χ1v) is 10.8. The highest BCUT2D eigenvalue weighted by Crippen LogP contribution is 2.37. The van der Waals surface area contributed by atoms with E-state index in [2.05, 4.69) is 10.2 Å². The van der Waals surface area contributed by atoms with Crippen LogP contribution in [0.5, 0.6) is 0 Å². The molecule has 3 nitrogen and oxygen atoms in total. The second kappa shape index (κ2) is 8.61. The van der Waals surface area contributed by atoms with Crippen LogP contribution in [0.3, 0.4) is 0 Å². The molecular formula is C22H22F3N3S. The second-order valence-electron chi connectivity index (χ2n) is 7.29. The van der Waals surface area contributed by atoms with Gasteiger partial charge in [-0.2, -0.15) is 13.2 Å². The minimum Gasteiger partial charge on any atom is -0.274 e. The third-order valence-corrected chi connectivity index (χ3v) is 6.30. The molecule has 0 amide bonds. The smallest absolute Gasteiger partial charge is 0.274 e. The zero-order valence-electron chi connectivity index (χ0n) is 15.9. The van der Waals surface area contributed by atoms with Crippen LogP contribution in [-0.4, -0.2) is 14.8 Å². The summed E-state index contributed by atoms with van der Waals surface area (Å²) < 4.78 is 42.0. The monoisotopic (exact) mass is 417 g/mol. The van der Waals surface area contributed by atoms with E-state index >= 15 is 0 Å². The molecule has 1 heterocycles. The number of para-hydroxylation sites is 1. The van der Waals surface area contributed by atoms with E-state index in [9.17, 15) is 13.2 Å². The maximum absolute atomic E-state index is 13.3. The summed E-state index contributed by atoms with van der Waals surface area (Å²) in [6, 6.07) is 15.5. The molecule has 0 bridgehead atoms. The Morgan fingerprint density at radius 1 is 0.897 bits per heavy atom. The molecule has 29 heavy (non-hydrogen) atoms. The van der Waals surface area contributed by atoms with E-state index in [0.29, 0.717) is 11.1 Å². The number of benzene rings is 2. The van der Waals surface area contributed by atoms with Crippen molar-refractivity contribution in [1.82, 2.24) is 14.8 Å². The van der Waals surface area contributed by atoms with Crippen molar-refractivity contribution < 1.29 is 13.2 Å². The minimum atomic E-state index is -4.36. The van der Waals surface area contributed by atoms with Crippen molar-refractivity contribution >= 4 is 11.8 Å². The number of hydrogen-bond acceptors (Lipinski definition) is 3. The zero-order chi connectivity index (χ0) is 20.3. The van der Waals surface area contributed by atoms with E-state index in [1.54, 1.807) is 6.07 Å². The Labute approximate surface area is 172 Å². The average Bonchev–Trinajstić information content (AvgIpc) is 3.17. The predicted octanol–water partition coefficient (Wildman–Crippen LogP) is 6.63. The molecule has 7 heteroatoms. The first kappa shape index (κ1) is 20.0. The molecule has 0 spiro atoms. The van der Waals surface area contributed by atoms with Crippen LogP contribution in [0.4, 0.5) is 13.2 Å². The van der Waals surface area contributed by atoms with Gasteiger partial charge in [-0.25, -0.2) is 0 Å². The van der Waals surface area contributed by atoms with Crippen molar-refractivity contribution in [3.05, 3.63) is 71.5 Å². The Bertz CT molecular complexity index is 947. The van der Waals surface area contributed by atoms with Gasteiger partial charge in [0, 0.05) is 17.4 Å². The van der Waals surface area contributed by atoms with Gasteiger partial charge in [0.2, 0.25) is 0 Å². The summed E-state index contributed by atoms with van der Waals surface area (Å²) in [4.78, 5) is 0. The van der Waals surface area contributed by atoms with Gasteiger partial charge in [-0.15, -0.1) is 10.2 Å². The van der Waals surface area contributed by atoms with Crippen molar-refractivity contribution in [2.75, 3.05) is 0 Å². The van der Waals surface area contributed by atoms with Crippen LogP contribution in [-0.2, 0) is 11.9 Å². The van der Waals surface area contributed by atoms with Crippen molar-refractivity contribution in [3.8, 4) is 5.69 Å². The number of nitrogens with zero attached hydrogens (tertiary/aromatic N) is 3. The summed E-state index contributed by atoms with van der Waals surface area (Å²) in [6.07, 6.45) is 1.38. The fraction of sp³-hybridized carbons (Fsp3) is 0.364. The first-order chi connectivity index (χ1) is 14.0. The van der Waals surface area contributed by atoms with Crippen LogP contribution in [0, 0.1) is 0 Å². The van der Waals surface area contributed by atoms with Gasteiger partial charge in [0.1, 0.15) is 5.82 Å². The van der Waals surface area contributed by atoms with E-state index in [4.69, 9.17) is 0 Å². The molecule has 1 aliphatic rings. The molecule has 1 aromatic heterocycles. The van der Waals surface area contributed by atoms with Gasteiger partial charge in [0.25, 0.3) is 0 Å². The summed E-state index contributed by atoms with van der Waals surface area (Å²) in [7, 11) is 0. The lowest BCUT2D eigenvalue weighted by atomic mass is 9.88. The van der Waals surface area contributed by atoms with E-state index in [0.717, 1.165) is 30.4 Å². The standard InChI is InChI=1S/C22H22F3N3S/c23-22(24,25)19-14-8-7-11-17(19)15-29-21-27-26-20(16-9-3-1-4-10-16)28(21)18-12-5-2-6-13-18/h2,5-8,11-14,16H,1,3-4,9-10,15H2. The summed E-state index contributed by atoms with van der Waals surface area (Å²) in [5, 5.41) is 9.47. The third-order valence-electron chi connectivity index (χ3n) is 5.32. The summed E-state index contributed by atoms with van der Waals surface area (Å²) in [6.45, 7) is 0. The molecule has 1 saturated carbocycles. The Morgan fingerprint density at radius 3 is 2.31 bits per heavy atom. The molecular weight excluding hydrogens is 395 g/mol. The summed E-state index contributed by atoms with van der Waals surface area (Å²) in [5.74, 6) is 1.45. The van der Waals surface area contributed by atoms with Crippen molar-refractivity contribution in [3.63, 3.8) is 0 Å². The Morgan fingerprint density at radius 2 is 1.59 bits per heavy atom. The third kappa shape index (κ3) is 4.50. The van der Waals surface area contributed by atoms with Gasteiger partial charge in [-0.05, 0) is 36.6 Å². The highest BCUT2D eigenvalue weighted by atomic mass is 32.2. The molecule has 0 atom stereocenters. The highest BCUT2D eigenvalue weighted by Gasteiger charge is 2.33. The van der Waals surface area contributed by atoms with Crippen LogP contribution in [0.1, 0.15) is 55.0 Å². The fourth-order valence-electron chi connectivity index (χ4n) is 3.88. The summed E-state index contributed by atoms with van der Waals surface area (Å²) in [5.41, 5.74) is 0.613. The molecule has 0 N–H and O–H groups in total. The Balaban J connectivity index is 1.66. The van der Waals surface area contributed by atoms with E-state index in [-0.39, 0.29) is 11.3 Å². The molecule has 0 saturated heterocycles. The molecule has 2 aromatic carbocycles. The lowest BCUT2D eigenvalue weighted by molar-refractivity contribution is -0.138. The van der Waals surface area contributed by atoms with Crippen LogP contribution in [0.25, 0.3) is 5.69 Å². The quantitative estimate of drug-likeness (QED) is 0.437. The zero-order valence-corrected chi connectivity index (χ0v) is 16.7. The van der Waals surface area contributed by atoms with Crippen LogP contribution in [0.2, 0.25) is 0 Å². The molecule has 0 radical (unpaired) electrons. The number of hydrogen-bond donors (Lipinski definition) is 0. The van der Waals surface area contributed by atoms with E-state index in [1.165, 1.54) is 43.2 Å². The van der Waals surface area contributed by atoms with Crippen LogP contribution >= 0.6 is 11.8 Å². The molecule has 3 aromatic rings. The van der Waals surface area contributed by atoms with Gasteiger partial charge in [-0.1, -0.05) is 67.4 Å². The van der Waals surface area contributed by atoms with E-state index in [1.807, 2.05) is 34.9 Å². The first-order valence-electron chi connectivity index (χ1n) is 9.82. The minimum absolute atomic E-state index is 0.186. The fourth-order valence-corrected chi connectivity index (χ4v) is 4.85. The number of halogens is 3. The van der Waals surface area contributed by atoms with Gasteiger partial charge < -0.3 is 0 Å². The molecule has 0 unspecified atom stereocenters. The lowest BCUT2D eigenvalue weighted by Crippen LogP contribution is -2.12. The Hall–Kier alpha value is -2.28. The second-order valence-corrected chi connectivity index (χ2v) is 8.23. The lowest BCUT2D eigenvalue weighted by Gasteiger charge is -2.22. The molecule has 4 rings (SSSR count). The molecule has 1 fully saturated rings. The van der Waals surface area contributed by atoms with Gasteiger partial charge in [-0.3, -0.25) is 4.57 Å². The Kier molecular flexibility index (Phi) is 5.94. The summed E-state index contributed by atoms with van der Waals surface area (Å²) >= 11 is 1.30. The number of rotatable bonds is 5. The van der Waals surface area contributed by atoms with Crippen molar-refractivity contribution in [2.45, 2.75) is 55.1 Å². The number of alkyl halides is 3. The van der Waals surface area contributed by atoms with Crippen LogP contribution < -0.4 is 0 Å². The van der Waals surface area contributed by atoms with Gasteiger partial charge >= 0.3 is 6.18 Å². The van der Waals surface area contributed by atoms with Gasteiger partial charge in [0.15, 0.2) is 5.16 Å².